The van der Waals surface area contributed by atoms with Gasteiger partial charge in [0, 0.05) is 25.6 Å². The van der Waals surface area contributed by atoms with E-state index in [-0.39, 0.29) is 12.0 Å². The minimum Gasteiger partial charge on any atom is -0.365 e. The Labute approximate surface area is 151 Å². The summed E-state index contributed by atoms with van der Waals surface area (Å²) >= 11 is 0. The van der Waals surface area contributed by atoms with Crippen LogP contribution in [0.15, 0.2) is 48.5 Å². The molecule has 1 aliphatic heterocycles. The highest BCUT2D eigenvalue weighted by molar-refractivity contribution is 5.90. The summed E-state index contributed by atoms with van der Waals surface area (Å²) in [5.74, 6) is 1.22. The number of para-hydroxylation sites is 1. The lowest BCUT2D eigenvalue weighted by Gasteiger charge is -2.24. The van der Waals surface area contributed by atoms with Crippen LogP contribution in [-0.2, 0) is 11.3 Å². The minimum absolute atomic E-state index is 0.0149. The normalized spacial score (nSPS) is 17.0. The van der Waals surface area contributed by atoms with Gasteiger partial charge in [0.15, 0.2) is 0 Å². The van der Waals surface area contributed by atoms with Crippen LogP contribution in [0, 0.1) is 5.82 Å². The molecule has 5 nitrogen and oxygen atoms in total. The van der Waals surface area contributed by atoms with Gasteiger partial charge in [0.1, 0.15) is 17.9 Å². The molecule has 1 fully saturated rings. The molecule has 0 bridgehead atoms. The molecular formula is C20H21FN4O. The molecule has 1 atom stereocenters. The Morgan fingerprint density at radius 1 is 1.15 bits per heavy atom. The van der Waals surface area contributed by atoms with Crippen LogP contribution >= 0.6 is 0 Å². The Morgan fingerprint density at radius 3 is 2.77 bits per heavy atom. The number of nitrogens with zero attached hydrogens (tertiary/aromatic N) is 3. The van der Waals surface area contributed by atoms with Gasteiger partial charge < -0.3 is 15.0 Å². The quantitative estimate of drug-likeness (QED) is 0.753. The summed E-state index contributed by atoms with van der Waals surface area (Å²) in [6.45, 7) is 1.45. The number of hydrogen-bond donors (Lipinski definition) is 1. The van der Waals surface area contributed by atoms with Crippen molar-refractivity contribution in [3.05, 3.63) is 59.9 Å². The van der Waals surface area contributed by atoms with E-state index >= 15 is 0 Å². The smallest absolute Gasteiger partial charge is 0.229 e. The molecule has 0 radical (unpaired) electrons. The predicted octanol–water partition coefficient (Wildman–Crippen LogP) is 3.95. The summed E-state index contributed by atoms with van der Waals surface area (Å²) in [6, 6.07) is 14.4. The van der Waals surface area contributed by atoms with Crippen molar-refractivity contribution < 1.29 is 9.13 Å². The summed E-state index contributed by atoms with van der Waals surface area (Å²) in [5.41, 5.74) is 1.88. The van der Waals surface area contributed by atoms with Crippen molar-refractivity contribution in [3.63, 3.8) is 0 Å². The largest absolute Gasteiger partial charge is 0.365 e. The second-order valence-electron chi connectivity index (χ2n) is 6.40. The molecule has 3 aromatic rings. The van der Waals surface area contributed by atoms with Crippen LogP contribution in [0.2, 0.25) is 0 Å². The van der Waals surface area contributed by atoms with E-state index in [9.17, 15) is 4.39 Å². The maximum absolute atomic E-state index is 13.1. The van der Waals surface area contributed by atoms with Crippen molar-refractivity contribution >= 4 is 22.7 Å². The first-order chi connectivity index (χ1) is 12.7. The molecule has 1 N–H and O–H groups in total. The first kappa shape index (κ1) is 16.7. The number of halogens is 1. The second kappa shape index (κ2) is 7.25. The van der Waals surface area contributed by atoms with Gasteiger partial charge >= 0.3 is 0 Å². The number of anilines is 2. The zero-order valence-corrected chi connectivity index (χ0v) is 14.7. The molecule has 0 spiro atoms. The van der Waals surface area contributed by atoms with E-state index in [0.29, 0.717) is 12.5 Å². The van der Waals surface area contributed by atoms with Crippen molar-refractivity contribution in [3.8, 4) is 0 Å². The van der Waals surface area contributed by atoms with E-state index in [1.54, 1.807) is 19.2 Å². The molecule has 1 aliphatic rings. The number of ether oxygens (including phenoxy) is 1. The molecule has 0 unspecified atom stereocenters. The van der Waals surface area contributed by atoms with Gasteiger partial charge in [-0.25, -0.2) is 9.37 Å². The van der Waals surface area contributed by atoms with Crippen LogP contribution < -0.4 is 10.2 Å². The first-order valence-electron chi connectivity index (χ1n) is 8.79. The Hall–Kier alpha value is -2.73. The Bertz CT molecular complexity index is 900. The molecule has 26 heavy (non-hydrogen) atoms. The van der Waals surface area contributed by atoms with Crippen LogP contribution in [0.4, 0.5) is 16.2 Å². The van der Waals surface area contributed by atoms with Crippen LogP contribution in [0.3, 0.4) is 0 Å². The van der Waals surface area contributed by atoms with Crippen molar-refractivity contribution in [2.24, 2.45) is 0 Å². The lowest BCUT2D eigenvalue weighted by Crippen LogP contribution is -2.32. The molecule has 1 saturated heterocycles. The third-order valence-corrected chi connectivity index (χ3v) is 4.69. The average molecular weight is 352 g/mol. The fourth-order valence-electron chi connectivity index (χ4n) is 3.33. The van der Waals surface area contributed by atoms with Crippen LogP contribution in [0.5, 0.6) is 0 Å². The van der Waals surface area contributed by atoms with Crippen LogP contribution in [-0.4, -0.2) is 29.9 Å². The Kier molecular flexibility index (Phi) is 4.67. The summed E-state index contributed by atoms with van der Waals surface area (Å²) in [7, 11) is 1.72. The lowest BCUT2D eigenvalue weighted by molar-refractivity contribution is 0.110. The van der Waals surface area contributed by atoms with Crippen molar-refractivity contribution in [2.75, 3.05) is 23.9 Å². The minimum atomic E-state index is -0.233. The molecule has 6 heteroatoms. The van der Waals surface area contributed by atoms with Gasteiger partial charge in [0.05, 0.1) is 5.52 Å². The topological polar surface area (TPSA) is 50.3 Å². The monoisotopic (exact) mass is 352 g/mol. The zero-order chi connectivity index (χ0) is 17.9. The molecule has 1 aromatic heterocycles. The Morgan fingerprint density at radius 2 is 1.96 bits per heavy atom. The fourth-order valence-corrected chi connectivity index (χ4v) is 3.33. The van der Waals surface area contributed by atoms with Gasteiger partial charge in [-0.15, -0.1) is 0 Å². The highest BCUT2D eigenvalue weighted by Gasteiger charge is 2.27. The van der Waals surface area contributed by atoms with Crippen LogP contribution in [0.1, 0.15) is 18.4 Å². The molecule has 0 aliphatic carbocycles. The number of aromatic nitrogens is 2. The van der Waals surface area contributed by atoms with E-state index in [2.05, 4.69) is 10.2 Å². The molecule has 2 aromatic carbocycles. The summed E-state index contributed by atoms with van der Waals surface area (Å²) < 4.78 is 18.7. The maximum Gasteiger partial charge on any atom is 0.229 e. The average Bonchev–Trinajstić information content (AvgIpc) is 3.16. The Balaban J connectivity index is 1.66. The summed E-state index contributed by atoms with van der Waals surface area (Å²) in [6.07, 6.45) is 2.05. The predicted molar refractivity (Wildman–Crippen MR) is 101 cm³/mol. The number of hydrogen-bond acceptors (Lipinski definition) is 5. The third-order valence-electron chi connectivity index (χ3n) is 4.69. The number of methoxy groups -OCH3 is 1. The summed E-state index contributed by atoms with van der Waals surface area (Å²) in [4.78, 5) is 11.6. The molecule has 0 amide bonds. The van der Waals surface area contributed by atoms with Gasteiger partial charge in [-0.05, 0) is 42.7 Å². The van der Waals surface area contributed by atoms with Crippen molar-refractivity contribution in [2.45, 2.75) is 25.6 Å². The number of rotatable bonds is 5. The standard InChI is InChI=1S/C20H21FN4O/c1-26-18-7-4-12-25(18)20-23-17-6-3-2-5-16(17)19(24-20)22-13-14-8-10-15(21)11-9-14/h2-3,5-6,8-11,18H,4,7,12-13H2,1H3,(H,22,23,24)/t18-/m0/s1. The van der Waals surface area contributed by atoms with E-state index < -0.39 is 0 Å². The van der Waals surface area contributed by atoms with E-state index in [0.717, 1.165) is 41.7 Å². The van der Waals surface area contributed by atoms with Gasteiger partial charge in [-0.1, -0.05) is 24.3 Å². The molecule has 134 valence electrons. The number of nitrogens with one attached hydrogen (secondary N) is 1. The molecule has 2 heterocycles. The van der Waals surface area contributed by atoms with Crippen LogP contribution in [0.25, 0.3) is 10.9 Å². The number of fused-ring (bicyclic) bond motifs is 1. The third kappa shape index (κ3) is 3.32. The van der Waals surface area contributed by atoms with E-state index in [4.69, 9.17) is 14.7 Å². The van der Waals surface area contributed by atoms with E-state index in [1.165, 1.54) is 12.1 Å². The van der Waals surface area contributed by atoms with Gasteiger partial charge in [0.25, 0.3) is 0 Å². The highest BCUT2D eigenvalue weighted by Crippen LogP contribution is 2.28. The lowest BCUT2D eigenvalue weighted by atomic mass is 10.2. The molecular weight excluding hydrogens is 331 g/mol. The van der Waals surface area contributed by atoms with Crippen molar-refractivity contribution in [1.82, 2.24) is 9.97 Å². The molecule has 0 saturated carbocycles. The second-order valence-corrected chi connectivity index (χ2v) is 6.40. The van der Waals surface area contributed by atoms with E-state index in [1.807, 2.05) is 24.3 Å². The highest BCUT2D eigenvalue weighted by atomic mass is 19.1. The summed E-state index contributed by atoms with van der Waals surface area (Å²) in [5, 5.41) is 4.34. The zero-order valence-electron chi connectivity index (χ0n) is 14.7. The number of benzene rings is 2. The fraction of sp³-hybridized carbons (Fsp3) is 0.300. The maximum atomic E-state index is 13.1. The van der Waals surface area contributed by atoms with Gasteiger partial charge in [0.2, 0.25) is 5.95 Å². The SMILES string of the molecule is CO[C@H]1CCCN1c1nc(NCc2ccc(F)cc2)c2ccccc2n1. The van der Waals surface area contributed by atoms with Gasteiger partial charge in [-0.2, -0.15) is 4.98 Å². The molecule has 4 rings (SSSR count). The van der Waals surface area contributed by atoms with Crippen molar-refractivity contribution in [1.29, 1.82) is 0 Å². The first-order valence-corrected chi connectivity index (χ1v) is 8.79. The van der Waals surface area contributed by atoms with Gasteiger partial charge in [-0.3, -0.25) is 0 Å².